The molecular formula is C26H35N3O3. The van der Waals surface area contributed by atoms with E-state index in [-0.39, 0.29) is 5.91 Å². The maximum absolute atomic E-state index is 13.7. The van der Waals surface area contributed by atoms with Gasteiger partial charge in [0.25, 0.3) is 17.7 Å². The van der Waals surface area contributed by atoms with Crippen LogP contribution in [-0.2, 0) is 9.59 Å². The number of hydrogen-bond donors (Lipinski definition) is 2. The summed E-state index contributed by atoms with van der Waals surface area (Å²) in [5.74, 6) is -1.43. The summed E-state index contributed by atoms with van der Waals surface area (Å²) in [5.41, 5.74) is 0.0881. The van der Waals surface area contributed by atoms with E-state index in [1.807, 2.05) is 84.9 Å². The number of hydrogen-bond acceptors (Lipinski definition) is 3. The average Bonchev–Trinajstić information content (AvgIpc) is 2.69. The minimum atomic E-state index is -1.35. The molecule has 2 N–H and O–H groups in total. The first-order valence-electron chi connectivity index (χ1n) is 10.9. The van der Waals surface area contributed by atoms with E-state index in [0.29, 0.717) is 5.56 Å². The first-order chi connectivity index (χ1) is 14.8. The monoisotopic (exact) mass is 437 g/mol. The predicted octanol–water partition coefficient (Wildman–Crippen LogP) is 4.09. The Labute approximate surface area is 191 Å². The highest BCUT2D eigenvalue weighted by molar-refractivity contribution is 6.09. The third-order valence-corrected chi connectivity index (χ3v) is 4.73. The van der Waals surface area contributed by atoms with Gasteiger partial charge < -0.3 is 15.5 Å². The fourth-order valence-corrected chi connectivity index (χ4v) is 3.39. The molecule has 2 rings (SSSR count). The summed E-state index contributed by atoms with van der Waals surface area (Å²) in [6, 6.07) is 16.2. The Morgan fingerprint density at radius 3 is 1.53 bits per heavy atom. The van der Waals surface area contributed by atoms with Gasteiger partial charge >= 0.3 is 0 Å². The van der Waals surface area contributed by atoms with Gasteiger partial charge in [0.1, 0.15) is 0 Å². The molecule has 0 heterocycles. The zero-order valence-corrected chi connectivity index (χ0v) is 20.1. The largest absolute Gasteiger partial charge is 0.349 e. The molecule has 172 valence electrons. The highest BCUT2D eigenvalue weighted by atomic mass is 16.2. The van der Waals surface area contributed by atoms with Gasteiger partial charge in [-0.25, -0.2) is 0 Å². The molecule has 0 aliphatic carbocycles. The number of benzene rings is 2. The molecule has 0 fully saturated rings. The van der Waals surface area contributed by atoms with Gasteiger partial charge in [-0.05, 0) is 66.2 Å². The Morgan fingerprint density at radius 2 is 1.12 bits per heavy atom. The zero-order chi connectivity index (χ0) is 24.1. The van der Waals surface area contributed by atoms with E-state index < -0.39 is 35.0 Å². The molecule has 1 unspecified atom stereocenters. The summed E-state index contributed by atoms with van der Waals surface area (Å²) >= 11 is 0. The van der Waals surface area contributed by atoms with Crippen molar-refractivity contribution in [3.8, 4) is 0 Å². The molecule has 0 aliphatic rings. The lowest BCUT2D eigenvalue weighted by Gasteiger charge is -2.38. The van der Waals surface area contributed by atoms with Crippen LogP contribution in [0, 0.1) is 0 Å². The molecule has 0 saturated heterocycles. The van der Waals surface area contributed by atoms with Crippen molar-refractivity contribution in [1.29, 1.82) is 0 Å². The minimum Gasteiger partial charge on any atom is -0.349 e. The average molecular weight is 438 g/mol. The van der Waals surface area contributed by atoms with E-state index in [4.69, 9.17) is 0 Å². The van der Waals surface area contributed by atoms with E-state index >= 15 is 0 Å². The van der Waals surface area contributed by atoms with Gasteiger partial charge in [-0.2, -0.15) is 0 Å². The highest BCUT2D eigenvalue weighted by Gasteiger charge is 2.41. The van der Waals surface area contributed by atoms with Gasteiger partial charge in [0, 0.05) is 16.6 Å². The Bertz CT molecular complexity index is 900. The normalized spacial score (nSPS) is 12.8. The van der Waals surface area contributed by atoms with Gasteiger partial charge in [0.2, 0.25) is 0 Å². The SMILES string of the molecule is CC(c1ccccc1)N(C(=O)c1ccccc1)C(C(=O)NC(C)(C)C)C(=O)NC(C)(C)C. The summed E-state index contributed by atoms with van der Waals surface area (Å²) in [6.45, 7) is 12.9. The molecule has 3 amide bonds. The summed E-state index contributed by atoms with van der Waals surface area (Å²) in [7, 11) is 0. The maximum Gasteiger partial charge on any atom is 0.255 e. The predicted molar refractivity (Wildman–Crippen MR) is 127 cm³/mol. The van der Waals surface area contributed by atoms with Gasteiger partial charge in [-0.15, -0.1) is 0 Å². The van der Waals surface area contributed by atoms with Crippen molar-refractivity contribution < 1.29 is 14.4 Å². The van der Waals surface area contributed by atoms with Crippen LogP contribution in [0.1, 0.15) is 70.4 Å². The summed E-state index contributed by atoms with van der Waals surface area (Å²) < 4.78 is 0. The molecular weight excluding hydrogens is 402 g/mol. The number of amides is 3. The van der Waals surface area contributed by atoms with Crippen LogP contribution in [-0.4, -0.2) is 39.7 Å². The first kappa shape index (κ1) is 25.1. The van der Waals surface area contributed by atoms with Crippen molar-refractivity contribution >= 4 is 17.7 Å². The lowest BCUT2D eigenvalue weighted by atomic mass is 9.99. The number of carbonyl (C=O) groups excluding carboxylic acids is 3. The van der Waals surface area contributed by atoms with Crippen molar-refractivity contribution in [3.63, 3.8) is 0 Å². The second kappa shape index (κ2) is 9.98. The van der Waals surface area contributed by atoms with E-state index in [0.717, 1.165) is 5.56 Å². The van der Waals surface area contributed by atoms with Gasteiger partial charge in [-0.1, -0.05) is 48.5 Å². The van der Waals surface area contributed by atoms with Crippen LogP contribution in [0.15, 0.2) is 60.7 Å². The molecule has 32 heavy (non-hydrogen) atoms. The smallest absolute Gasteiger partial charge is 0.255 e. The molecule has 0 bridgehead atoms. The Morgan fingerprint density at radius 1 is 0.719 bits per heavy atom. The second-order valence-corrected chi connectivity index (χ2v) is 10.0. The number of nitrogens with one attached hydrogen (secondary N) is 2. The van der Waals surface area contributed by atoms with Crippen molar-refractivity contribution in [3.05, 3.63) is 71.8 Å². The van der Waals surface area contributed by atoms with E-state index in [2.05, 4.69) is 10.6 Å². The lowest BCUT2D eigenvalue weighted by Crippen LogP contribution is -2.62. The van der Waals surface area contributed by atoms with Crippen LogP contribution < -0.4 is 10.6 Å². The summed E-state index contributed by atoms with van der Waals surface area (Å²) in [4.78, 5) is 42.0. The number of rotatable bonds is 6. The molecule has 1 atom stereocenters. The van der Waals surface area contributed by atoms with Crippen molar-refractivity contribution in [2.45, 2.75) is 71.6 Å². The van der Waals surface area contributed by atoms with Crippen LogP contribution in [0.25, 0.3) is 0 Å². The molecule has 0 aromatic heterocycles. The van der Waals surface area contributed by atoms with E-state index in [9.17, 15) is 14.4 Å². The Kier molecular flexibility index (Phi) is 7.83. The van der Waals surface area contributed by atoms with E-state index in [1.165, 1.54) is 4.90 Å². The third-order valence-electron chi connectivity index (χ3n) is 4.73. The molecule has 0 aliphatic heterocycles. The fourth-order valence-electron chi connectivity index (χ4n) is 3.39. The minimum absolute atomic E-state index is 0.389. The molecule has 2 aromatic carbocycles. The molecule has 0 spiro atoms. The number of carbonyl (C=O) groups is 3. The summed E-state index contributed by atoms with van der Waals surface area (Å²) in [6.07, 6.45) is 0. The molecule has 0 radical (unpaired) electrons. The highest BCUT2D eigenvalue weighted by Crippen LogP contribution is 2.26. The maximum atomic E-state index is 13.7. The molecule has 0 saturated carbocycles. The van der Waals surface area contributed by atoms with Gasteiger partial charge in [0.05, 0.1) is 6.04 Å². The fraction of sp³-hybridized carbons (Fsp3) is 0.423. The Hall–Kier alpha value is -3.15. The van der Waals surface area contributed by atoms with Gasteiger partial charge in [-0.3, -0.25) is 14.4 Å². The van der Waals surface area contributed by atoms with Crippen LogP contribution in [0.2, 0.25) is 0 Å². The molecule has 2 aromatic rings. The van der Waals surface area contributed by atoms with Crippen LogP contribution in [0.5, 0.6) is 0 Å². The van der Waals surface area contributed by atoms with Crippen molar-refractivity contribution in [1.82, 2.24) is 15.5 Å². The zero-order valence-electron chi connectivity index (χ0n) is 20.1. The Balaban J connectivity index is 2.62. The quantitative estimate of drug-likeness (QED) is 0.668. The van der Waals surface area contributed by atoms with Crippen LogP contribution in [0.3, 0.4) is 0 Å². The topological polar surface area (TPSA) is 78.5 Å². The standard InChI is InChI=1S/C26H35N3O3/c1-18(19-14-10-8-11-15-19)29(24(32)20-16-12-9-13-17-20)21(22(30)27-25(2,3)4)23(31)28-26(5,6)7/h8-18,21H,1-7H3,(H,27,30)(H,28,31). The van der Waals surface area contributed by atoms with Crippen LogP contribution >= 0.6 is 0 Å². The van der Waals surface area contributed by atoms with E-state index in [1.54, 1.807) is 24.3 Å². The van der Waals surface area contributed by atoms with Crippen LogP contribution in [0.4, 0.5) is 0 Å². The lowest BCUT2D eigenvalue weighted by molar-refractivity contribution is -0.138. The second-order valence-electron chi connectivity index (χ2n) is 10.0. The number of nitrogens with zero attached hydrogens (tertiary/aromatic N) is 1. The molecule has 6 heteroatoms. The van der Waals surface area contributed by atoms with Crippen molar-refractivity contribution in [2.75, 3.05) is 0 Å². The van der Waals surface area contributed by atoms with Crippen molar-refractivity contribution in [2.24, 2.45) is 0 Å². The molecule has 6 nitrogen and oxygen atoms in total. The summed E-state index contributed by atoms with van der Waals surface area (Å²) in [5, 5.41) is 5.77. The first-order valence-corrected chi connectivity index (χ1v) is 10.9. The van der Waals surface area contributed by atoms with Gasteiger partial charge in [0.15, 0.2) is 6.04 Å². The third kappa shape index (κ3) is 6.94.